The van der Waals surface area contributed by atoms with Crippen LogP contribution in [0, 0.1) is 5.92 Å². The lowest BCUT2D eigenvalue weighted by atomic mass is 9.98. The highest BCUT2D eigenvalue weighted by Gasteiger charge is 2.38. The van der Waals surface area contributed by atoms with E-state index in [0.29, 0.717) is 5.56 Å². The number of rotatable bonds is 12. The number of esters is 1. The van der Waals surface area contributed by atoms with Gasteiger partial charge >= 0.3 is 12.1 Å². The molecule has 0 heterocycles. The second-order valence-electron chi connectivity index (χ2n) is 13.5. The van der Waals surface area contributed by atoms with E-state index in [1.807, 2.05) is 48.5 Å². The fourth-order valence-electron chi connectivity index (χ4n) is 6.01. The highest BCUT2D eigenvalue weighted by Crippen LogP contribution is 2.44. The van der Waals surface area contributed by atoms with Crippen molar-refractivity contribution in [3.63, 3.8) is 0 Å². The van der Waals surface area contributed by atoms with Gasteiger partial charge in [-0.2, -0.15) is 0 Å². The SMILES string of the molecule is CC(C)[C@H](NC(=O)[C@H](C)N(C(=O)[C@H](C)NC(=O)OCC1c2ccccc2-c2ccccc21)C(CO)c1ccccc1)C(=O)OC(C)(C)C. The third-order valence-electron chi connectivity index (χ3n) is 8.42. The van der Waals surface area contributed by atoms with Crippen molar-refractivity contribution in [1.82, 2.24) is 15.5 Å². The maximum atomic E-state index is 14.1. The van der Waals surface area contributed by atoms with E-state index in [9.17, 15) is 24.3 Å². The molecule has 1 unspecified atom stereocenters. The lowest BCUT2D eigenvalue weighted by molar-refractivity contribution is -0.160. The molecule has 1 aliphatic rings. The molecule has 0 saturated heterocycles. The topological polar surface area (TPSA) is 134 Å². The zero-order valence-electron chi connectivity index (χ0n) is 28.7. The van der Waals surface area contributed by atoms with E-state index in [1.54, 1.807) is 65.0 Å². The van der Waals surface area contributed by atoms with Gasteiger partial charge in [-0.25, -0.2) is 9.59 Å². The summed E-state index contributed by atoms with van der Waals surface area (Å²) in [7, 11) is 0. The van der Waals surface area contributed by atoms with Gasteiger partial charge in [-0.05, 0) is 68.4 Å². The van der Waals surface area contributed by atoms with Crippen LogP contribution in [0.5, 0.6) is 0 Å². The molecule has 0 fully saturated rings. The number of amides is 3. The number of carbonyl (C=O) groups is 4. The van der Waals surface area contributed by atoms with Crippen molar-refractivity contribution in [2.24, 2.45) is 5.92 Å². The fraction of sp³-hybridized carbons (Fsp3) is 0.421. The van der Waals surface area contributed by atoms with Crippen molar-refractivity contribution in [3.05, 3.63) is 95.6 Å². The summed E-state index contributed by atoms with van der Waals surface area (Å²) in [6.07, 6.45) is -0.792. The molecule has 0 aliphatic heterocycles. The second kappa shape index (κ2) is 15.5. The molecule has 4 rings (SSSR count). The normalized spacial score (nSPS) is 14.9. The highest BCUT2D eigenvalue weighted by atomic mass is 16.6. The lowest BCUT2D eigenvalue weighted by Gasteiger charge is -2.37. The smallest absolute Gasteiger partial charge is 0.407 e. The van der Waals surface area contributed by atoms with Crippen molar-refractivity contribution >= 4 is 23.9 Å². The average molecular weight is 658 g/mol. The maximum absolute atomic E-state index is 14.1. The largest absolute Gasteiger partial charge is 0.458 e. The quantitative estimate of drug-likeness (QED) is 0.224. The first-order valence-electron chi connectivity index (χ1n) is 16.4. The Morgan fingerprint density at radius 1 is 0.812 bits per heavy atom. The van der Waals surface area contributed by atoms with Gasteiger partial charge in [0.15, 0.2) is 0 Å². The number of hydrogen-bond acceptors (Lipinski definition) is 7. The molecule has 0 bridgehead atoms. The first kappa shape index (κ1) is 36.1. The van der Waals surface area contributed by atoms with Gasteiger partial charge in [0, 0.05) is 5.92 Å². The Labute approximate surface area is 282 Å². The van der Waals surface area contributed by atoms with Crippen molar-refractivity contribution in [3.8, 4) is 11.1 Å². The van der Waals surface area contributed by atoms with Gasteiger partial charge in [0.25, 0.3) is 0 Å². The molecular weight excluding hydrogens is 610 g/mol. The molecular formula is C38H47N3O7. The highest BCUT2D eigenvalue weighted by molar-refractivity contribution is 5.93. The molecule has 4 atom stereocenters. The Kier molecular flexibility index (Phi) is 11.6. The van der Waals surface area contributed by atoms with Crippen molar-refractivity contribution in [1.29, 1.82) is 0 Å². The van der Waals surface area contributed by atoms with Gasteiger partial charge in [0.1, 0.15) is 30.3 Å². The van der Waals surface area contributed by atoms with Crippen LogP contribution >= 0.6 is 0 Å². The number of ether oxygens (including phenoxy) is 2. The Balaban J connectivity index is 1.51. The van der Waals surface area contributed by atoms with Crippen LogP contribution in [0.2, 0.25) is 0 Å². The van der Waals surface area contributed by atoms with Crippen LogP contribution in [0.1, 0.15) is 77.1 Å². The van der Waals surface area contributed by atoms with Crippen molar-refractivity contribution in [2.45, 2.75) is 84.2 Å². The van der Waals surface area contributed by atoms with Crippen LogP contribution < -0.4 is 10.6 Å². The van der Waals surface area contributed by atoms with Crippen LogP contribution in [0.15, 0.2) is 78.9 Å². The summed E-state index contributed by atoms with van der Waals surface area (Å²) in [6.45, 7) is 11.4. The number of aliphatic hydroxyl groups is 1. The average Bonchev–Trinajstić information content (AvgIpc) is 3.37. The molecule has 0 aromatic heterocycles. The molecule has 3 amide bonds. The summed E-state index contributed by atoms with van der Waals surface area (Å²) >= 11 is 0. The molecule has 3 aromatic rings. The molecule has 10 heteroatoms. The van der Waals surface area contributed by atoms with Crippen molar-refractivity contribution in [2.75, 3.05) is 13.2 Å². The van der Waals surface area contributed by atoms with Crippen molar-refractivity contribution < 1.29 is 33.8 Å². The molecule has 3 N–H and O–H groups in total. The number of carbonyl (C=O) groups excluding carboxylic acids is 4. The van der Waals surface area contributed by atoms with Gasteiger partial charge in [-0.15, -0.1) is 0 Å². The Hall–Kier alpha value is -4.70. The Morgan fingerprint density at radius 3 is 1.88 bits per heavy atom. The summed E-state index contributed by atoms with van der Waals surface area (Å²) < 4.78 is 11.2. The standard InChI is InChI=1S/C38H47N3O7/c1-23(2)33(36(45)48-38(5,6)7)40-34(43)25(4)41(32(21-42)26-15-9-8-10-16-26)35(44)24(3)39-37(46)47-22-31-29-19-13-11-17-27(29)28-18-12-14-20-30(28)31/h8-20,23-25,31-33,42H,21-22H2,1-7H3,(H,39,46)(H,40,43)/t24-,25-,32?,33-/m0/s1. The molecule has 1 aliphatic carbocycles. The number of hydrogen-bond donors (Lipinski definition) is 3. The summed E-state index contributed by atoms with van der Waals surface area (Å²) in [6, 6.07) is 20.6. The minimum atomic E-state index is -1.15. The predicted molar refractivity (Wildman–Crippen MR) is 183 cm³/mol. The van der Waals surface area contributed by atoms with Crippen LogP contribution in [0.3, 0.4) is 0 Å². The van der Waals surface area contributed by atoms with E-state index >= 15 is 0 Å². The summed E-state index contributed by atoms with van der Waals surface area (Å²) in [5, 5.41) is 15.9. The zero-order valence-corrected chi connectivity index (χ0v) is 28.7. The van der Waals surface area contributed by atoms with Crippen LogP contribution in [-0.4, -0.2) is 70.8 Å². The van der Waals surface area contributed by atoms with E-state index < -0.39 is 60.3 Å². The van der Waals surface area contributed by atoms with E-state index in [0.717, 1.165) is 22.3 Å². The van der Waals surface area contributed by atoms with E-state index in [-0.39, 0.29) is 18.4 Å². The number of fused-ring (bicyclic) bond motifs is 3. The van der Waals surface area contributed by atoms with Gasteiger partial charge < -0.3 is 30.1 Å². The Bertz CT molecular complexity index is 1560. The summed E-state index contributed by atoms with van der Waals surface area (Å²) in [5.74, 6) is -2.30. The van der Waals surface area contributed by atoms with Gasteiger partial charge in [-0.1, -0.05) is 92.7 Å². The van der Waals surface area contributed by atoms with Crippen LogP contribution in [0.25, 0.3) is 11.1 Å². The monoisotopic (exact) mass is 657 g/mol. The predicted octanol–water partition coefficient (Wildman–Crippen LogP) is 5.35. The second-order valence-corrected chi connectivity index (χ2v) is 13.5. The van der Waals surface area contributed by atoms with Gasteiger partial charge in [0.05, 0.1) is 12.6 Å². The lowest BCUT2D eigenvalue weighted by Crippen LogP contribution is -2.58. The molecule has 256 valence electrons. The zero-order chi connectivity index (χ0) is 35.2. The van der Waals surface area contributed by atoms with Crippen LogP contribution in [0.4, 0.5) is 4.79 Å². The number of nitrogens with one attached hydrogen (secondary N) is 2. The van der Waals surface area contributed by atoms with Gasteiger partial charge in [0.2, 0.25) is 11.8 Å². The number of benzene rings is 3. The minimum absolute atomic E-state index is 0.0633. The number of nitrogens with zero attached hydrogens (tertiary/aromatic N) is 1. The third kappa shape index (κ3) is 8.41. The Morgan fingerprint density at radius 2 is 1.35 bits per heavy atom. The molecule has 0 radical (unpaired) electrons. The summed E-state index contributed by atoms with van der Waals surface area (Å²) in [4.78, 5) is 55.1. The minimum Gasteiger partial charge on any atom is -0.458 e. The third-order valence-corrected chi connectivity index (χ3v) is 8.42. The van der Waals surface area contributed by atoms with E-state index in [4.69, 9.17) is 9.47 Å². The van der Waals surface area contributed by atoms with Gasteiger partial charge in [-0.3, -0.25) is 9.59 Å². The number of aliphatic hydroxyl groups excluding tert-OH is 1. The van der Waals surface area contributed by atoms with Crippen LogP contribution in [-0.2, 0) is 23.9 Å². The first-order valence-corrected chi connectivity index (χ1v) is 16.4. The maximum Gasteiger partial charge on any atom is 0.407 e. The summed E-state index contributed by atoms with van der Waals surface area (Å²) in [5.41, 5.74) is 4.13. The number of alkyl carbamates (subject to hydrolysis) is 1. The van der Waals surface area contributed by atoms with E-state index in [1.165, 1.54) is 18.7 Å². The molecule has 48 heavy (non-hydrogen) atoms. The molecule has 0 saturated carbocycles. The van der Waals surface area contributed by atoms with E-state index in [2.05, 4.69) is 10.6 Å². The first-order chi connectivity index (χ1) is 22.7. The molecule has 0 spiro atoms. The fourth-order valence-corrected chi connectivity index (χ4v) is 6.01. The molecule has 10 nitrogen and oxygen atoms in total. The molecule has 3 aromatic carbocycles.